The summed E-state index contributed by atoms with van der Waals surface area (Å²) in [6, 6.07) is 22.9. The Hall–Kier alpha value is -3.70. The number of nitrogens with zero attached hydrogens (tertiary/aromatic N) is 3. The van der Waals surface area contributed by atoms with Gasteiger partial charge in [-0.25, -0.2) is 10.5 Å². The molecule has 3 aromatic carbocycles. The number of amidine groups is 1. The average Bonchev–Trinajstić information content (AvgIpc) is 2.99. The number of carbonyl (C=O) groups excluding carboxylic acids is 1. The number of hydrogen-bond acceptors (Lipinski definition) is 5. The van der Waals surface area contributed by atoms with Gasteiger partial charge in [-0.05, 0) is 74.9 Å². The van der Waals surface area contributed by atoms with Gasteiger partial charge in [-0.15, -0.1) is 5.73 Å². The van der Waals surface area contributed by atoms with E-state index in [0.717, 1.165) is 71.6 Å². The maximum Gasteiger partial charge on any atom is 0.230 e. The normalized spacial score (nSPS) is 17.5. The molecule has 0 saturated carbocycles. The predicted molar refractivity (Wildman–Crippen MR) is 175 cm³/mol. The molecule has 6 nitrogen and oxygen atoms in total. The molecular formula is C36H46N4O2. The first-order valence-corrected chi connectivity index (χ1v) is 15.2. The van der Waals surface area contributed by atoms with Crippen molar-refractivity contribution >= 4 is 33.9 Å². The van der Waals surface area contributed by atoms with Crippen molar-refractivity contribution in [1.29, 1.82) is 0 Å². The average molecular weight is 567 g/mol. The number of rotatable bonds is 8. The number of hydroxylamine groups is 1. The Balaban J connectivity index is 0.00000423. The van der Waals surface area contributed by atoms with E-state index in [9.17, 15) is 4.79 Å². The maximum atomic E-state index is 14.4. The first-order valence-electron chi connectivity index (χ1n) is 15.2. The summed E-state index contributed by atoms with van der Waals surface area (Å²) in [5, 5.41) is 2.30. The minimum Gasteiger partial charge on any atom is -0.342 e. The molecule has 0 radical (unpaired) electrons. The lowest BCUT2D eigenvalue weighted by Crippen LogP contribution is -2.47. The molecule has 2 atom stereocenters. The quantitative estimate of drug-likeness (QED) is 0.226. The van der Waals surface area contributed by atoms with Gasteiger partial charge in [-0.3, -0.25) is 9.63 Å². The van der Waals surface area contributed by atoms with E-state index in [1.165, 1.54) is 0 Å². The largest absolute Gasteiger partial charge is 0.342 e. The molecule has 2 aliphatic rings. The van der Waals surface area contributed by atoms with Gasteiger partial charge in [0.25, 0.3) is 0 Å². The zero-order valence-corrected chi connectivity index (χ0v) is 25.7. The molecule has 2 aliphatic heterocycles. The number of piperidine rings is 1. The Morgan fingerprint density at radius 1 is 1.10 bits per heavy atom. The fourth-order valence-corrected chi connectivity index (χ4v) is 6.20. The van der Waals surface area contributed by atoms with Crippen molar-refractivity contribution in [1.82, 2.24) is 15.3 Å². The number of nitrogens with one attached hydrogen (secondary N) is 1. The zero-order valence-electron chi connectivity index (χ0n) is 25.7. The second-order valence-corrected chi connectivity index (χ2v) is 12.5. The summed E-state index contributed by atoms with van der Waals surface area (Å²) in [4.78, 5) is 29.6. The van der Waals surface area contributed by atoms with Crippen LogP contribution in [0, 0.1) is 11.8 Å². The van der Waals surface area contributed by atoms with E-state index < -0.39 is 0 Å². The van der Waals surface area contributed by atoms with Gasteiger partial charge < -0.3 is 9.80 Å². The Labute approximate surface area is 252 Å². The molecule has 0 aliphatic carbocycles. The summed E-state index contributed by atoms with van der Waals surface area (Å²) < 4.78 is 0. The molecule has 5 rings (SSSR count). The highest BCUT2D eigenvalue weighted by molar-refractivity contribution is 6.04. The molecule has 0 bridgehead atoms. The van der Waals surface area contributed by atoms with Gasteiger partial charge in [-0.1, -0.05) is 68.1 Å². The van der Waals surface area contributed by atoms with Crippen molar-refractivity contribution in [3.8, 4) is 0 Å². The van der Waals surface area contributed by atoms with Crippen LogP contribution in [0.25, 0.3) is 16.5 Å². The molecule has 2 heterocycles. The number of aliphatic imine (C=N–C) groups is 1. The number of amides is 1. The fourth-order valence-electron chi connectivity index (χ4n) is 6.20. The molecule has 1 saturated heterocycles. The van der Waals surface area contributed by atoms with Gasteiger partial charge >= 0.3 is 0 Å². The summed E-state index contributed by atoms with van der Waals surface area (Å²) in [5.41, 5.74) is 10.00. The highest BCUT2D eigenvalue weighted by atomic mass is 16.7. The van der Waals surface area contributed by atoms with Crippen molar-refractivity contribution in [3.63, 3.8) is 0 Å². The second-order valence-electron chi connectivity index (χ2n) is 12.5. The lowest BCUT2D eigenvalue weighted by Gasteiger charge is -2.39. The van der Waals surface area contributed by atoms with Gasteiger partial charge in [0.15, 0.2) is 0 Å². The van der Waals surface area contributed by atoms with Crippen LogP contribution in [0.2, 0.25) is 0 Å². The standard InChI is InChI=1S/C36H44N4O2.H2/c1-7-32-30-22-28-16-12-13-17-29(28)23-31(30)38-34(40(32)8-2)25(3)33(27-14-10-9-11-15-27)35(41)39-20-18-26(19-21-39)24-37-42-36(4,5)6;/h9-17,22-23,25-26,33,37H,1,8,18-21,24H2,2-6H3;1H. The van der Waals surface area contributed by atoms with E-state index in [4.69, 9.17) is 9.83 Å². The van der Waals surface area contributed by atoms with Crippen LogP contribution in [0.3, 0.4) is 0 Å². The van der Waals surface area contributed by atoms with Crippen LogP contribution >= 0.6 is 0 Å². The molecule has 42 heavy (non-hydrogen) atoms. The van der Waals surface area contributed by atoms with Crippen LogP contribution in [0.15, 0.2) is 84.0 Å². The van der Waals surface area contributed by atoms with Crippen LogP contribution in [-0.4, -0.2) is 53.3 Å². The fraction of sp³-hybridized carbons (Fsp3) is 0.417. The van der Waals surface area contributed by atoms with E-state index >= 15 is 0 Å². The molecule has 3 aromatic rings. The van der Waals surface area contributed by atoms with Crippen LogP contribution in [0.5, 0.6) is 0 Å². The number of hydrogen-bond donors (Lipinski definition) is 1. The van der Waals surface area contributed by atoms with Gasteiger partial charge in [-0.2, -0.15) is 0 Å². The highest BCUT2D eigenvalue weighted by Gasteiger charge is 2.38. The van der Waals surface area contributed by atoms with E-state index in [1.807, 2.05) is 45.0 Å². The summed E-state index contributed by atoms with van der Waals surface area (Å²) in [7, 11) is 0. The summed E-state index contributed by atoms with van der Waals surface area (Å²) in [6.07, 6.45) is 1.90. The molecule has 1 N–H and O–H groups in total. The number of likely N-dealkylation sites (tertiary alicyclic amines) is 1. The lowest BCUT2D eigenvalue weighted by molar-refractivity contribution is -0.135. The van der Waals surface area contributed by atoms with Crippen LogP contribution in [0.4, 0.5) is 5.69 Å². The Morgan fingerprint density at radius 2 is 1.74 bits per heavy atom. The molecule has 0 spiro atoms. The van der Waals surface area contributed by atoms with Gasteiger partial charge in [0.1, 0.15) is 5.84 Å². The molecule has 222 valence electrons. The summed E-state index contributed by atoms with van der Waals surface area (Å²) in [6.45, 7) is 17.4. The van der Waals surface area contributed by atoms with Crippen LogP contribution in [-0.2, 0) is 9.63 Å². The Kier molecular flexibility index (Phi) is 8.98. The first kappa shape index (κ1) is 29.8. The van der Waals surface area contributed by atoms with Crippen molar-refractivity contribution < 1.29 is 11.1 Å². The summed E-state index contributed by atoms with van der Waals surface area (Å²) in [5.74, 6) is 1.01. The Bertz CT molecular complexity index is 1500. The molecule has 1 amide bonds. The van der Waals surface area contributed by atoms with Crippen LogP contribution in [0.1, 0.15) is 65.9 Å². The van der Waals surface area contributed by atoms with Gasteiger partial charge in [0, 0.05) is 39.1 Å². The molecule has 6 heteroatoms. The zero-order chi connectivity index (χ0) is 29.9. The topological polar surface area (TPSA) is 57.2 Å². The van der Waals surface area contributed by atoms with Crippen molar-refractivity contribution in [3.05, 3.63) is 90.2 Å². The molecule has 1 fully saturated rings. The van der Waals surface area contributed by atoms with E-state index in [0.29, 0.717) is 12.5 Å². The van der Waals surface area contributed by atoms with Gasteiger partial charge in [0.05, 0.1) is 22.9 Å². The van der Waals surface area contributed by atoms with Crippen molar-refractivity contribution in [2.24, 2.45) is 16.8 Å². The van der Waals surface area contributed by atoms with E-state index in [-0.39, 0.29) is 24.8 Å². The third-order valence-corrected chi connectivity index (χ3v) is 8.39. The predicted octanol–water partition coefficient (Wildman–Crippen LogP) is 7.56. The minimum absolute atomic E-state index is 0. The monoisotopic (exact) mass is 566 g/mol. The van der Waals surface area contributed by atoms with E-state index in [2.05, 4.69) is 83.9 Å². The molecule has 2 unspecified atom stereocenters. The third kappa shape index (κ3) is 6.37. The smallest absolute Gasteiger partial charge is 0.230 e. The van der Waals surface area contributed by atoms with Crippen molar-refractivity contribution in [2.75, 3.05) is 26.2 Å². The summed E-state index contributed by atoms with van der Waals surface area (Å²) >= 11 is 0. The SMILES string of the molecule is C=C=C1c2cc3ccccc3cc2N=C(C(C)C(C(=O)N2CCC(CNOC(C)(C)C)CC2)c2ccccc2)N1CC.[HH]. The number of fused-ring (bicyclic) bond motifs is 2. The molecular weight excluding hydrogens is 520 g/mol. The highest BCUT2D eigenvalue weighted by Crippen LogP contribution is 2.41. The molecule has 0 aromatic heterocycles. The van der Waals surface area contributed by atoms with Gasteiger partial charge in [0.2, 0.25) is 5.91 Å². The van der Waals surface area contributed by atoms with Crippen molar-refractivity contribution in [2.45, 2.75) is 59.0 Å². The van der Waals surface area contributed by atoms with E-state index in [1.54, 1.807) is 0 Å². The lowest BCUT2D eigenvalue weighted by atomic mass is 9.83. The first-order chi connectivity index (χ1) is 20.2. The van der Waals surface area contributed by atoms with Crippen LogP contribution < -0.4 is 5.48 Å². The second kappa shape index (κ2) is 12.7. The number of benzene rings is 3. The third-order valence-electron chi connectivity index (χ3n) is 8.39. The Morgan fingerprint density at radius 3 is 2.36 bits per heavy atom. The minimum atomic E-state index is -0.356. The number of carbonyl (C=O) groups is 1. The maximum absolute atomic E-state index is 14.4.